The third-order valence-electron chi connectivity index (χ3n) is 3.05. The lowest BCUT2D eigenvalue weighted by molar-refractivity contribution is -0.121. The van der Waals surface area contributed by atoms with E-state index in [0.717, 1.165) is 12.0 Å². The molecular formula is C14H22N2O4S. The number of nitrogens with two attached hydrogens (primary N) is 1. The summed E-state index contributed by atoms with van der Waals surface area (Å²) < 4.78 is 27.2. The van der Waals surface area contributed by atoms with E-state index >= 15 is 0 Å². The van der Waals surface area contributed by atoms with Crippen LogP contribution >= 0.6 is 0 Å². The lowest BCUT2D eigenvalue weighted by atomic mass is 10.1. The Morgan fingerprint density at radius 3 is 2.48 bits per heavy atom. The van der Waals surface area contributed by atoms with Crippen LogP contribution in [0.4, 0.5) is 0 Å². The normalized spacial score (nSPS) is 12.9. The summed E-state index contributed by atoms with van der Waals surface area (Å²) >= 11 is 0. The number of hydrogen-bond acceptors (Lipinski definition) is 4. The van der Waals surface area contributed by atoms with Crippen molar-refractivity contribution in [1.82, 2.24) is 5.32 Å². The number of carbonyl (C=O) groups is 1. The van der Waals surface area contributed by atoms with Crippen LogP contribution in [0, 0.1) is 0 Å². The minimum Gasteiger partial charge on any atom is -0.385 e. The highest BCUT2D eigenvalue weighted by atomic mass is 32.2. The summed E-state index contributed by atoms with van der Waals surface area (Å²) in [7, 11) is -2.04. The Labute approximate surface area is 125 Å². The van der Waals surface area contributed by atoms with Gasteiger partial charge in [-0.15, -0.1) is 0 Å². The average Bonchev–Trinajstić information content (AvgIpc) is 2.42. The Morgan fingerprint density at radius 2 is 1.95 bits per heavy atom. The van der Waals surface area contributed by atoms with Crippen molar-refractivity contribution in [2.75, 3.05) is 13.7 Å². The molecule has 0 radical (unpaired) electrons. The average molecular weight is 314 g/mol. The first kappa shape index (κ1) is 17.6. The van der Waals surface area contributed by atoms with Gasteiger partial charge >= 0.3 is 0 Å². The van der Waals surface area contributed by atoms with Crippen LogP contribution in [0.3, 0.4) is 0 Å². The standard InChI is InChI=1S/C14H22N2O4S/c1-11(9-10-20-2)16-14(17)8-5-12-3-6-13(7-4-12)21(15,18)19/h3-4,6-7,11H,5,8-10H2,1-2H3,(H,16,17)(H2,15,18,19). The smallest absolute Gasteiger partial charge is 0.238 e. The summed E-state index contributed by atoms with van der Waals surface area (Å²) in [6, 6.07) is 6.30. The van der Waals surface area contributed by atoms with E-state index in [1.807, 2.05) is 6.92 Å². The van der Waals surface area contributed by atoms with Crippen LogP contribution in [-0.2, 0) is 26.0 Å². The number of sulfonamides is 1. The van der Waals surface area contributed by atoms with Crippen LogP contribution in [0.15, 0.2) is 29.2 Å². The van der Waals surface area contributed by atoms with Gasteiger partial charge in [-0.3, -0.25) is 4.79 Å². The molecule has 3 N–H and O–H groups in total. The predicted molar refractivity (Wildman–Crippen MR) is 80.2 cm³/mol. The summed E-state index contributed by atoms with van der Waals surface area (Å²) in [5, 5.41) is 7.91. The molecule has 1 aromatic carbocycles. The SMILES string of the molecule is COCCC(C)NC(=O)CCc1ccc(S(N)(=O)=O)cc1. The molecular weight excluding hydrogens is 292 g/mol. The number of ether oxygens (including phenoxy) is 1. The molecule has 7 heteroatoms. The molecule has 1 amide bonds. The molecule has 0 saturated heterocycles. The lowest BCUT2D eigenvalue weighted by Crippen LogP contribution is -2.33. The third-order valence-corrected chi connectivity index (χ3v) is 3.98. The molecule has 0 aliphatic heterocycles. The van der Waals surface area contributed by atoms with Gasteiger partial charge in [-0.05, 0) is 37.5 Å². The minimum absolute atomic E-state index is 0.0332. The Hall–Kier alpha value is -1.44. The van der Waals surface area contributed by atoms with Crippen molar-refractivity contribution in [3.8, 4) is 0 Å². The molecule has 21 heavy (non-hydrogen) atoms. The maximum Gasteiger partial charge on any atom is 0.238 e. The summed E-state index contributed by atoms with van der Waals surface area (Å²) in [4.78, 5) is 11.8. The Kier molecular flexibility index (Phi) is 6.80. The molecule has 0 aliphatic carbocycles. The number of rotatable bonds is 8. The summed E-state index contributed by atoms with van der Waals surface area (Å²) in [5.41, 5.74) is 0.891. The Bertz CT molecular complexity index is 555. The second kappa shape index (κ2) is 8.11. The van der Waals surface area contributed by atoms with Crippen LogP contribution in [0.1, 0.15) is 25.3 Å². The molecule has 118 valence electrons. The van der Waals surface area contributed by atoms with Crippen LogP contribution in [0.2, 0.25) is 0 Å². The van der Waals surface area contributed by atoms with Gasteiger partial charge in [0, 0.05) is 26.2 Å². The number of aryl methyl sites for hydroxylation is 1. The van der Waals surface area contributed by atoms with Crippen molar-refractivity contribution < 1.29 is 17.9 Å². The molecule has 0 heterocycles. The zero-order chi connectivity index (χ0) is 15.9. The van der Waals surface area contributed by atoms with Gasteiger partial charge in [0.25, 0.3) is 0 Å². The zero-order valence-corrected chi connectivity index (χ0v) is 13.2. The van der Waals surface area contributed by atoms with E-state index in [2.05, 4.69) is 5.32 Å². The number of primary sulfonamides is 1. The molecule has 1 aromatic rings. The zero-order valence-electron chi connectivity index (χ0n) is 12.3. The fraction of sp³-hybridized carbons (Fsp3) is 0.500. The molecule has 1 unspecified atom stereocenters. The van der Waals surface area contributed by atoms with Crippen LogP contribution in [0.5, 0.6) is 0 Å². The second-order valence-corrected chi connectivity index (χ2v) is 6.50. The monoisotopic (exact) mass is 314 g/mol. The number of methoxy groups -OCH3 is 1. The lowest BCUT2D eigenvalue weighted by Gasteiger charge is -2.13. The first-order valence-corrected chi connectivity index (χ1v) is 8.27. The largest absolute Gasteiger partial charge is 0.385 e. The molecule has 0 saturated carbocycles. The van der Waals surface area contributed by atoms with Gasteiger partial charge in [-0.25, -0.2) is 13.6 Å². The van der Waals surface area contributed by atoms with Crippen molar-refractivity contribution >= 4 is 15.9 Å². The van der Waals surface area contributed by atoms with E-state index < -0.39 is 10.0 Å². The second-order valence-electron chi connectivity index (χ2n) is 4.94. The Morgan fingerprint density at radius 1 is 1.33 bits per heavy atom. The van der Waals surface area contributed by atoms with Gasteiger partial charge in [-0.1, -0.05) is 12.1 Å². The van der Waals surface area contributed by atoms with E-state index in [0.29, 0.717) is 19.4 Å². The van der Waals surface area contributed by atoms with Crippen molar-refractivity contribution in [3.05, 3.63) is 29.8 Å². The van der Waals surface area contributed by atoms with E-state index in [1.165, 1.54) is 12.1 Å². The molecule has 0 aromatic heterocycles. The topological polar surface area (TPSA) is 98.5 Å². The van der Waals surface area contributed by atoms with Crippen molar-refractivity contribution in [1.29, 1.82) is 0 Å². The number of hydrogen-bond donors (Lipinski definition) is 2. The first-order valence-electron chi connectivity index (χ1n) is 6.73. The van der Waals surface area contributed by atoms with E-state index in [-0.39, 0.29) is 16.8 Å². The van der Waals surface area contributed by atoms with Crippen molar-refractivity contribution in [2.45, 2.75) is 37.1 Å². The van der Waals surface area contributed by atoms with Crippen LogP contribution < -0.4 is 10.5 Å². The molecule has 6 nitrogen and oxygen atoms in total. The van der Waals surface area contributed by atoms with E-state index in [9.17, 15) is 13.2 Å². The minimum atomic E-state index is -3.67. The van der Waals surface area contributed by atoms with Gasteiger partial charge < -0.3 is 10.1 Å². The highest BCUT2D eigenvalue weighted by molar-refractivity contribution is 7.89. The van der Waals surface area contributed by atoms with Gasteiger partial charge in [0.05, 0.1) is 4.90 Å². The molecule has 0 spiro atoms. The van der Waals surface area contributed by atoms with Gasteiger partial charge in [0.2, 0.25) is 15.9 Å². The number of benzene rings is 1. The van der Waals surface area contributed by atoms with Crippen molar-refractivity contribution in [3.63, 3.8) is 0 Å². The summed E-state index contributed by atoms with van der Waals surface area (Å²) in [5.74, 6) is -0.0332. The molecule has 0 aliphatic rings. The van der Waals surface area contributed by atoms with E-state index in [1.54, 1.807) is 19.2 Å². The quantitative estimate of drug-likeness (QED) is 0.741. The molecule has 1 rings (SSSR count). The Balaban J connectivity index is 2.43. The van der Waals surface area contributed by atoms with Gasteiger partial charge in [-0.2, -0.15) is 0 Å². The summed E-state index contributed by atoms with van der Waals surface area (Å²) in [6.07, 6.45) is 1.67. The maximum absolute atomic E-state index is 11.7. The fourth-order valence-corrected chi connectivity index (χ4v) is 2.33. The van der Waals surface area contributed by atoms with Gasteiger partial charge in [0.1, 0.15) is 0 Å². The highest BCUT2D eigenvalue weighted by Gasteiger charge is 2.09. The van der Waals surface area contributed by atoms with E-state index in [4.69, 9.17) is 9.88 Å². The first-order chi connectivity index (χ1) is 9.82. The molecule has 0 fully saturated rings. The number of carbonyl (C=O) groups excluding carboxylic acids is 1. The predicted octanol–water partition coefficient (Wildman–Crippen LogP) is 0.808. The molecule has 0 bridgehead atoms. The third kappa shape index (κ3) is 6.70. The summed E-state index contributed by atoms with van der Waals surface area (Å²) in [6.45, 7) is 2.54. The van der Waals surface area contributed by atoms with Gasteiger partial charge in [0.15, 0.2) is 0 Å². The van der Waals surface area contributed by atoms with Crippen molar-refractivity contribution in [2.24, 2.45) is 5.14 Å². The maximum atomic E-state index is 11.7. The van der Waals surface area contributed by atoms with Crippen LogP contribution in [0.25, 0.3) is 0 Å². The number of nitrogens with one attached hydrogen (secondary N) is 1. The fourth-order valence-electron chi connectivity index (χ4n) is 1.82. The van der Waals surface area contributed by atoms with Crippen LogP contribution in [-0.4, -0.2) is 34.1 Å². The molecule has 1 atom stereocenters. The highest BCUT2D eigenvalue weighted by Crippen LogP contribution is 2.10. The number of amides is 1.